The van der Waals surface area contributed by atoms with E-state index in [2.05, 4.69) is 5.10 Å². The molecule has 2 N–H and O–H groups in total. The van der Waals surface area contributed by atoms with Crippen LogP contribution in [0.3, 0.4) is 0 Å². The molecule has 0 amide bonds. The van der Waals surface area contributed by atoms with Crippen LogP contribution in [0.15, 0.2) is 18.2 Å². The van der Waals surface area contributed by atoms with Crippen molar-refractivity contribution in [3.8, 4) is 17.3 Å². The van der Waals surface area contributed by atoms with E-state index in [0.717, 1.165) is 11.1 Å². The predicted molar refractivity (Wildman–Crippen MR) is 72.8 cm³/mol. The minimum Gasteiger partial charge on any atom is -0.383 e. The number of nitrogens with zero attached hydrogens (tertiary/aromatic N) is 3. The molecule has 0 radical (unpaired) electrons. The lowest BCUT2D eigenvalue weighted by molar-refractivity contribution is 0.112. The van der Waals surface area contributed by atoms with Crippen LogP contribution in [-0.4, -0.2) is 16.1 Å². The van der Waals surface area contributed by atoms with Crippen molar-refractivity contribution in [2.75, 3.05) is 5.73 Å². The maximum Gasteiger partial charge on any atom is 0.156 e. The highest BCUT2D eigenvalue weighted by Gasteiger charge is 2.18. The number of nitrogen functional groups attached to an aromatic ring is 1. The topological polar surface area (TPSA) is 84.7 Å². The number of benzene rings is 1. The Bertz CT molecular complexity index is 685. The first-order chi connectivity index (χ1) is 9.08. The van der Waals surface area contributed by atoms with Gasteiger partial charge in [0.25, 0.3) is 0 Å². The summed E-state index contributed by atoms with van der Waals surface area (Å²) in [6.07, 6.45) is 0.645. The van der Waals surface area contributed by atoms with Crippen LogP contribution in [0.4, 0.5) is 5.82 Å². The Morgan fingerprint density at radius 1 is 1.58 bits per heavy atom. The van der Waals surface area contributed by atoms with E-state index < -0.39 is 0 Å². The normalized spacial score (nSPS) is 10.2. The van der Waals surface area contributed by atoms with Crippen LogP contribution in [0.25, 0.3) is 11.3 Å². The second-order valence-corrected chi connectivity index (χ2v) is 4.48. The number of carbonyl (C=O) groups excluding carboxylic acids is 1. The molecule has 0 saturated heterocycles. The van der Waals surface area contributed by atoms with Crippen molar-refractivity contribution in [2.24, 2.45) is 0 Å². The van der Waals surface area contributed by atoms with Gasteiger partial charge in [-0.25, -0.2) is 4.68 Å². The molecule has 0 aliphatic rings. The van der Waals surface area contributed by atoms with E-state index in [1.54, 1.807) is 12.1 Å². The molecule has 0 fully saturated rings. The van der Waals surface area contributed by atoms with Crippen LogP contribution in [0.5, 0.6) is 0 Å². The standard InChI is InChI=1S/C13H11ClN4O/c1-8-2-3-9(14)6-10(8)12-11(7-19)13(16)18(17-12)5-4-15/h2-3,6-7H,5,16H2,1H3. The van der Waals surface area contributed by atoms with Crippen molar-refractivity contribution in [1.29, 1.82) is 5.26 Å². The van der Waals surface area contributed by atoms with Crippen molar-refractivity contribution in [3.63, 3.8) is 0 Å². The first-order valence-electron chi connectivity index (χ1n) is 5.53. The zero-order chi connectivity index (χ0) is 14.0. The number of anilines is 1. The SMILES string of the molecule is Cc1ccc(Cl)cc1-c1nn(CC#N)c(N)c1C=O. The lowest BCUT2D eigenvalue weighted by atomic mass is 10.0. The van der Waals surface area contributed by atoms with Gasteiger partial charge in [-0.3, -0.25) is 4.79 Å². The summed E-state index contributed by atoms with van der Waals surface area (Å²) in [5.74, 6) is 0.186. The largest absolute Gasteiger partial charge is 0.383 e. The zero-order valence-corrected chi connectivity index (χ0v) is 11.0. The monoisotopic (exact) mass is 274 g/mol. The third-order valence-corrected chi connectivity index (χ3v) is 3.06. The lowest BCUT2D eigenvalue weighted by Crippen LogP contribution is -2.03. The Balaban J connectivity index is 2.68. The quantitative estimate of drug-likeness (QED) is 0.871. The fraction of sp³-hybridized carbons (Fsp3) is 0.154. The van der Waals surface area contributed by atoms with Gasteiger partial charge in [0, 0.05) is 10.6 Å². The molecular weight excluding hydrogens is 264 g/mol. The van der Waals surface area contributed by atoms with Crippen molar-refractivity contribution in [3.05, 3.63) is 34.3 Å². The van der Waals surface area contributed by atoms with Gasteiger partial charge in [0.1, 0.15) is 18.1 Å². The molecule has 0 aliphatic carbocycles. The third-order valence-electron chi connectivity index (χ3n) is 2.82. The number of hydrogen-bond acceptors (Lipinski definition) is 4. The Labute approximate surface area is 115 Å². The predicted octanol–water partition coefficient (Wildman–Crippen LogP) is 2.43. The maximum atomic E-state index is 11.2. The number of aryl methyl sites for hydroxylation is 1. The molecule has 96 valence electrons. The van der Waals surface area contributed by atoms with Crippen molar-refractivity contribution in [2.45, 2.75) is 13.5 Å². The van der Waals surface area contributed by atoms with E-state index in [4.69, 9.17) is 22.6 Å². The zero-order valence-electron chi connectivity index (χ0n) is 10.2. The van der Waals surface area contributed by atoms with Gasteiger partial charge in [-0.1, -0.05) is 17.7 Å². The number of carbonyl (C=O) groups is 1. The van der Waals surface area contributed by atoms with E-state index >= 15 is 0 Å². The minimum atomic E-state index is -0.00765. The number of halogens is 1. The highest BCUT2D eigenvalue weighted by Crippen LogP contribution is 2.30. The molecule has 2 rings (SSSR count). The number of aromatic nitrogens is 2. The summed E-state index contributed by atoms with van der Waals surface area (Å²) in [7, 11) is 0. The number of hydrogen-bond donors (Lipinski definition) is 1. The van der Waals surface area contributed by atoms with Gasteiger partial charge in [0.2, 0.25) is 0 Å². The lowest BCUT2D eigenvalue weighted by Gasteiger charge is -2.03. The molecule has 6 heteroatoms. The summed E-state index contributed by atoms with van der Waals surface area (Å²) < 4.78 is 1.30. The van der Waals surface area contributed by atoms with Crippen molar-refractivity contribution < 1.29 is 4.79 Å². The molecule has 1 aromatic heterocycles. The number of nitrogens with two attached hydrogens (primary N) is 1. The van der Waals surface area contributed by atoms with Crippen LogP contribution < -0.4 is 5.73 Å². The summed E-state index contributed by atoms with van der Waals surface area (Å²) in [6, 6.07) is 7.27. The molecule has 0 saturated carbocycles. The van der Waals surface area contributed by atoms with Crippen molar-refractivity contribution in [1.82, 2.24) is 9.78 Å². The van der Waals surface area contributed by atoms with Crippen LogP contribution in [0, 0.1) is 18.3 Å². The summed E-state index contributed by atoms with van der Waals surface area (Å²) in [6.45, 7) is 1.88. The van der Waals surface area contributed by atoms with Gasteiger partial charge < -0.3 is 5.73 Å². The molecule has 1 heterocycles. The Morgan fingerprint density at radius 3 is 2.95 bits per heavy atom. The summed E-state index contributed by atoms with van der Waals surface area (Å²) in [5.41, 5.74) is 8.20. The summed E-state index contributed by atoms with van der Waals surface area (Å²) in [4.78, 5) is 11.2. The fourth-order valence-corrected chi connectivity index (χ4v) is 2.01. The van der Waals surface area contributed by atoms with Gasteiger partial charge >= 0.3 is 0 Å². The van der Waals surface area contributed by atoms with E-state index in [-0.39, 0.29) is 17.9 Å². The Morgan fingerprint density at radius 2 is 2.32 bits per heavy atom. The van der Waals surface area contributed by atoms with Crippen LogP contribution in [0.2, 0.25) is 5.02 Å². The highest BCUT2D eigenvalue weighted by atomic mass is 35.5. The molecule has 5 nitrogen and oxygen atoms in total. The van der Waals surface area contributed by atoms with E-state index in [1.807, 2.05) is 19.1 Å². The van der Waals surface area contributed by atoms with Gasteiger partial charge in [0.05, 0.1) is 11.6 Å². The number of nitriles is 1. The Hall–Kier alpha value is -2.32. The molecular formula is C13H11ClN4O. The molecule has 1 aromatic carbocycles. The van der Waals surface area contributed by atoms with Gasteiger partial charge in [-0.15, -0.1) is 0 Å². The molecule has 0 aliphatic heterocycles. The molecule has 0 bridgehead atoms. The van der Waals surface area contributed by atoms with Crippen LogP contribution in [0.1, 0.15) is 15.9 Å². The second-order valence-electron chi connectivity index (χ2n) is 4.04. The van der Waals surface area contributed by atoms with E-state index in [9.17, 15) is 4.79 Å². The molecule has 0 spiro atoms. The maximum absolute atomic E-state index is 11.2. The van der Waals surface area contributed by atoms with Gasteiger partial charge in [-0.2, -0.15) is 10.4 Å². The van der Waals surface area contributed by atoms with Gasteiger partial charge in [0.15, 0.2) is 6.29 Å². The fourth-order valence-electron chi connectivity index (χ4n) is 1.84. The van der Waals surface area contributed by atoms with E-state index in [0.29, 0.717) is 17.0 Å². The highest BCUT2D eigenvalue weighted by molar-refractivity contribution is 6.30. The van der Waals surface area contributed by atoms with Crippen LogP contribution in [-0.2, 0) is 6.54 Å². The van der Waals surface area contributed by atoms with Crippen LogP contribution >= 0.6 is 11.6 Å². The Kier molecular flexibility index (Phi) is 3.54. The second kappa shape index (κ2) is 5.12. The first kappa shape index (κ1) is 13.1. The molecule has 19 heavy (non-hydrogen) atoms. The molecule has 0 unspecified atom stereocenters. The van der Waals surface area contributed by atoms with Gasteiger partial charge in [-0.05, 0) is 24.6 Å². The minimum absolute atomic E-state index is 0.00765. The van der Waals surface area contributed by atoms with E-state index in [1.165, 1.54) is 4.68 Å². The summed E-state index contributed by atoms with van der Waals surface area (Å²) in [5, 5.41) is 13.5. The first-order valence-corrected chi connectivity index (χ1v) is 5.91. The number of aldehydes is 1. The molecule has 2 aromatic rings. The number of rotatable bonds is 3. The van der Waals surface area contributed by atoms with Crippen molar-refractivity contribution >= 4 is 23.7 Å². The molecule has 0 atom stereocenters. The summed E-state index contributed by atoms with van der Waals surface area (Å²) >= 11 is 5.96. The average Bonchev–Trinajstić information content (AvgIpc) is 2.70. The average molecular weight is 275 g/mol. The third kappa shape index (κ3) is 2.30. The smallest absolute Gasteiger partial charge is 0.156 e.